The number of aryl methyl sites for hydroxylation is 1. The minimum atomic E-state index is 0.398. The second kappa shape index (κ2) is 3.73. The summed E-state index contributed by atoms with van der Waals surface area (Å²) < 4.78 is 1.59. The normalized spacial score (nSPS) is 10.9. The van der Waals surface area contributed by atoms with Gasteiger partial charge in [0.05, 0.1) is 5.69 Å². The van der Waals surface area contributed by atoms with Gasteiger partial charge < -0.3 is 11.5 Å². The smallest absolute Gasteiger partial charge is 0.160 e. The van der Waals surface area contributed by atoms with Gasteiger partial charge in [-0.05, 0) is 6.92 Å². The van der Waals surface area contributed by atoms with Crippen molar-refractivity contribution in [3.05, 3.63) is 42.0 Å². The van der Waals surface area contributed by atoms with Crippen LogP contribution in [-0.2, 0) is 0 Å². The molecule has 2 aromatic heterocycles. The molecule has 0 fully saturated rings. The van der Waals surface area contributed by atoms with Crippen LogP contribution in [0.3, 0.4) is 0 Å². The van der Waals surface area contributed by atoms with Crippen molar-refractivity contribution in [3.63, 3.8) is 0 Å². The first kappa shape index (κ1) is 10.6. The van der Waals surface area contributed by atoms with Gasteiger partial charge in [-0.1, -0.05) is 29.8 Å². The number of nitrogens with zero attached hydrogens (tertiary/aromatic N) is 3. The van der Waals surface area contributed by atoms with Gasteiger partial charge in [0.15, 0.2) is 5.65 Å². The van der Waals surface area contributed by atoms with Crippen molar-refractivity contribution in [3.8, 4) is 11.3 Å². The lowest BCUT2D eigenvalue weighted by Gasteiger charge is -1.99. The molecular weight excluding hydrogens is 226 g/mol. The molecule has 4 N–H and O–H groups in total. The third-order valence-corrected chi connectivity index (χ3v) is 2.82. The Labute approximate surface area is 104 Å². The van der Waals surface area contributed by atoms with E-state index >= 15 is 0 Å². The fourth-order valence-corrected chi connectivity index (χ4v) is 1.88. The maximum atomic E-state index is 5.85. The molecular formula is C13H13N5. The molecule has 0 bridgehead atoms. The van der Waals surface area contributed by atoms with Crippen LogP contribution in [-0.4, -0.2) is 14.6 Å². The second-order valence-electron chi connectivity index (χ2n) is 4.27. The Morgan fingerprint density at radius 1 is 1.06 bits per heavy atom. The van der Waals surface area contributed by atoms with Crippen LogP contribution in [0.4, 0.5) is 11.6 Å². The first-order valence-corrected chi connectivity index (χ1v) is 5.62. The molecule has 0 atom stereocenters. The summed E-state index contributed by atoms with van der Waals surface area (Å²) in [5.41, 5.74) is 15.2. The van der Waals surface area contributed by atoms with Crippen LogP contribution in [0.1, 0.15) is 5.56 Å². The van der Waals surface area contributed by atoms with Crippen molar-refractivity contribution in [2.24, 2.45) is 0 Å². The van der Waals surface area contributed by atoms with Crippen LogP contribution in [0, 0.1) is 6.92 Å². The molecule has 0 aliphatic carbocycles. The minimum Gasteiger partial charge on any atom is -0.384 e. The van der Waals surface area contributed by atoms with E-state index in [0.29, 0.717) is 17.3 Å². The second-order valence-corrected chi connectivity index (χ2v) is 4.27. The number of nitrogens with two attached hydrogens (primary N) is 2. The number of hydrogen-bond acceptors (Lipinski definition) is 4. The summed E-state index contributed by atoms with van der Waals surface area (Å²) in [5, 5.41) is 4.43. The highest BCUT2D eigenvalue weighted by molar-refractivity contribution is 5.66. The van der Waals surface area contributed by atoms with E-state index in [-0.39, 0.29) is 0 Å². The summed E-state index contributed by atoms with van der Waals surface area (Å²) in [5.74, 6) is 0.881. The lowest BCUT2D eigenvalue weighted by atomic mass is 10.1. The summed E-state index contributed by atoms with van der Waals surface area (Å²) in [6, 6.07) is 11.6. The van der Waals surface area contributed by atoms with Gasteiger partial charge in [0.2, 0.25) is 0 Å². The Morgan fingerprint density at radius 3 is 2.50 bits per heavy atom. The fraction of sp³-hybridized carbons (Fsp3) is 0.0769. The first-order valence-electron chi connectivity index (χ1n) is 5.62. The van der Waals surface area contributed by atoms with Gasteiger partial charge in [-0.15, -0.1) is 0 Å². The van der Waals surface area contributed by atoms with Gasteiger partial charge in [0.25, 0.3) is 0 Å². The van der Waals surface area contributed by atoms with Crippen LogP contribution in [0.15, 0.2) is 36.4 Å². The van der Waals surface area contributed by atoms with Gasteiger partial charge in [-0.3, -0.25) is 0 Å². The minimum absolute atomic E-state index is 0.398. The Balaban J connectivity index is 2.19. The van der Waals surface area contributed by atoms with Crippen molar-refractivity contribution in [2.45, 2.75) is 6.92 Å². The zero-order chi connectivity index (χ0) is 12.7. The zero-order valence-corrected chi connectivity index (χ0v) is 9.96. The zero-order valence-electron chi connectivity index (χ0n) is 9.96. The number of aromatic nitrogens is 3. The van der Waals surface area contributed by atoms with E-state index in [1.807, 2.05) is 37.3 Å². The number of rotatable bonds is 1. The summed E-state index contributed by atoms with van der Waals surface area (Å²) in [7, 11) is 0. The predicted molar refractivity (Wildman–Crippen MR) is 72.0 cm³/mol. The molecule has 5 nitrogen and oxygen atoms in total. The molecule has 0 amide bonds. The standard InChI is InChI=1S/C13H13N5/c1-8-2-4-9(5-3-8)10-6-13-16-11(14)7-12(15)18(13)17-10/h2-7H,15H2,1H3,(H2,14,16). The van der Waals surface area contributed by atoms with Crippen molar-refractivity contribution < 1.29 is 0 Å². The van der Waals surface area contributed by atoms with E-state index in [2.05, 4.69) is 10.1 Å². The van der Waals surface area contributed by atoms with Crippen molar-refractivity contribution in [2.75, 3.05) is 11.5 Å². The lowest BCUT2D eigenvalue weighted by molar-refractivity contribution is 0.958. The summed E-state index contributed by atoms with van der Waals surface area (Å²) >= 11 is 0. The highest BCUT2D eigenvalue weighted by Gasteiger charge is 2.08. The molecule has 0 unspecified atom stereocenters. The van der Waals surface area contributed by atoms with E-state index in [0.717, 1.165) is 11.3 Å². The molecule has 2 heterocycles. The Kier molecular flexibility index (Phi) is 2.19. The third kappa shape index (κ3) is 1.66. The summed E-state index contributed by atoms with van der Waals surface area (Å²) in [6.45, 7) is 2.05. The Hall–Kier alpha value is -2.56. The van der Waals surface area contributed by atoms with Gasteiger partial charge in [0.1, 0.15) is 11.6 Å². The molecule has 0 saturated heterocycles. The van der Waals surface area contributed by atoms with Crippen molar-refractivity contribution in [1.82, 2.24) is 14.6 Å². The Morgan fingerprint density at radius 2 is 1.78 bits per heavy atom. The van der Waals surface area contributed by atoms with E-state index in [9.17, 15) is 0 Å². The van der Waals surface area contributed by atoms with Gasteiger partial charge in [-0.2, -0.15) is 9.61 Å². The summed E-state index contributed by atoms with van der Waals surface area (Å²) in [6.07, 6.45) is 0. The number of anilines is 2. The van der Waals surface area contributed by atoms with Crippen molar-refractivity contribution >= 4 is 17.3 Å². The van der Waals surface area contributed by atoms with Crippen LogP contribution < -0.4 is 11.5 Å². The highest BCUT2D eigenvalue weighted by Crippen LogP contribution is 2.21. The van der Waals surface area contributed by atoms with Gasteiger partial charge in [-0.25, -0.2) is 4.98 Å². The number of nitrogen functional groups attached to an aromatic ring is 2. The van der Waals surface area contributed by atoms with Crippen LogP contribution in [0.25, 0.3) is 16.9 Å². The molecule has 3 rings (SSSR count). The maximum Gasteiger partial charge on any atom is 0.160 e. The maximum absolute atomic E-state index is 5.85. The van der Waals surface area contributed by atoms with Gasteiger partial charge in [0, 0.05) is 17.7 Å². The first-order chi connectivity index (χ1) is 8.63. The average molecular weight is 239 g/mol. The van der Waals surface area contributed by atoms with Gasteiger partial charge >= 0.3 is 0 Å². The monoisotopic (exact) mass is 239 g/mol. The topological polar surface area (TPSA) is 82.2 Å². The number of benzene rings is 1. The molecule has 0 spiro atoms. The molecule has 0 aliphatic heterocycles. The molecule has 0 aliphatic rings. The lowest BCUT2D eigenvalue weighted by Crippen LogP contribution is -2.02. The molecule has 90 valence electrons. The van der Waals surface area contributed by atoms with Crippen LogP contribution >= 0.6 is 0 Å². The van der Waals surface area contributed by atoms with E-state index in [1.54, 1.807) is 10.6 Å². The predicted octanol–water partition coefficient (Wildman–Crippen LogP) is 1.87. The molecule has 1 aromatic carbocycles. The summed E-state index contributed by atoms with van der Waals surface area (Å²) in [4.78, 5) is 4.20. The van der Waals surface area contributed by atoms with E-state index in [1.165, 1.54) is 5.56 Å². The van der Waals surface area contributed by atoms with E-state index in [4.69, 9.17) is 11.5 Å². The third-order valence-electron chi connectivity index (χ3n) is 2.82. The van der Waals surface area contributed by atoms with Crippen LogP contribution in [0.2, 0.25) is 0 Å². The van der Waals surface area contributed by atoms with Crippen molar-refractivity contribution in [1.29, 1.82) is 0 Å². The Bertz CT molecular complexity index is 712. The quantitative estimate of drug-likeness (QED) is 0.679. The molecule has 0 saturated carbocycles. The van der Waals surface area contributed by atoms with E-state index < -0.39 is 0 Å². The SMILES string of the molecule is Cc1ccc(-c2cc3nc(N)cc(N)n3n2)cc1. The van der Waals surface area contributed by atoms with Crippen LogP contribution in [0.5, 0.6) is 0 Å². The molecule has 3 aromatic rings. The average Bonchev–Trinajstić information content (AvgIpc) is 2.74. The fourth-order valence-electron chi connectivity index (χ4n) is 1.88. The largest absolute Gasteiger partial charge is 0.384 e. The molecule has 0 radical (unpaired) electrons. The number of hydrogen-bond donors (Lipinski definition) is 2. The number of fused-ring (bicyclic) bond motifs is 1. The molecule has 5 heteroatoms. The molecule has 18 heavy (non-hydrogen) atoms. The highest BCUT2D eigenvalue weighted by atomic mass is 15.3.